The van der Waals surface area contributed by atoms with Crippen molar-refractivity contribution in [3.8, 4) is 0 Å². The molecule has 0 amide bonds. The average molecular weight is 301 g/mol. The van der Waals surface area contributed by atoms with Crippen LogP contribution >= 0.6 is 0 Å². The molecule has 1 saturated heterocycles. The molecule has 0 spiro atoms. The van der Waals surface area contributed by atoms with E-state index in [1.54, 1.807) is 5.06 Å². The van der Waals surface area contributed by atoms with E-state index in [2.05, 4.69) is 6.92 Å². The van der Waals surface area contributed by atoms with Crippen LogP contribution in [0.4, 0.5) is 13.2 Å². The normalized spacial score (nSPS) is 17.7. The molecule has 21 heavy (non-hydrogen) atoms. The lowest BCUT2D eigenvalue weighted by molar-refractivity contribution is -0.127. The monoisotopic (exact) mass is 301 g/mol. The Balaban J connectivity index is 1.97. The maximum Gasteiger partial charge on any atom is 0.393 e. The molecule has 1 fully saturated rings. The lowest BCUT2D eigenvalue weighted by Crippen LogP contribution is -2.35. The topological polar surface area (TPSA) is 29.5 Å². The number of hydrogen-bond donors (Lipinski definition) is 0. The van der Waals surface area contributed by atoms with Gasteiger partial charge in [0.05, 0.1) is 12.0 Å². The van der Waals surface area contributed by atoms with E-state index in [-0.39, 0.29) is 11.1 Å². The van der Waals surface area contributed by atoms with Crippen molar-refractivity contribution in [2.45, 2.75) is 32.4 Å². The molecule has 116 valence electrons. The summed E-state index contributed by atoms with van der Waals surface area (Å²) in [7, 11) is 0. The largest absolute Gasteiger partial charge is 0.393 e. The fourth-order valence-electron chi connectivity index (χ4n) is 2.29. The molecular weight excluding hydrogens is 283 g/mol. The van der Waals surface area contributed by atoms with Crippen LogP contribution in [0.25, 0.3) is 0 Å². The number of carbonyl (C=O) groups excluding carboxylic acids is 1. The summed E-state index contributed by atoms with van der Waals surface area (Å²) >= 11 is 0. The van der Waals surface area contributed by atoms with Crippen LogP contribution in [-0.4, -0.2) is 30.3 Å². The third-order valence-electron chi connectivity index (χ3n) is 3.52. The first-order valence-electron chi connectivity index (χ1n) is 6.96. The number of hydrogen-bond acceptors (Lipinski definition) is 3. The molecule has 2 rings (SSSR count). The van der Waals surface area contributed by atoms with E-state index >= 15 is 0 Å². The highest BCUT2D eigenvalue weighted by Gasteiger charge is 2.28. The zero-order chi connectivity index (χ0) is 15.5. The summed E-state index contributed by atoms with van der Waals surface area (Å²) in [6, 6.07) is 5.50. The van der Waals surface area contributed by atoms with Crippen LogP contribution in [0.2, 0.25) is 0 Å². The first-order chi connectivity index (χ1) is 9.83. The van der Waals surface area contributed by atoms with Gasteiger partial charge in [-0.25, -0.2) is 4.79 Å². The van der Waals surface area contributed by atoms with Crippen LogP contribution in [0, 0.1) is 5.92 Å². The number of alkyl halides is 3. The van der Waals surface area contributed by atoms with E-state index < -0.39 is 18.6 Å². The molecule has 6 heteroatoms. The molecule has 0 unspecified atom stereocenters. The van der Waals surface area contributed by atoms with Crippen molar-refractivity contribution < 1.29 is 22.8 Å². The highest BCUT2D eigenvalue weighted by Crippen LogP contribution is 2.22. The number of hydroxylamine groups is 2. The minimum Gasteiger partial charge on any atom is -0.364 e. The number of carbonyl (C=O) groups is 1. The highest BCUT2D eigenvalue weighted by molar-refractivity contribution is 5.89. The van der Waals surface area contributed by atoms with Gasteiger partial charge in [0.25, 0.3) is 0 Å². The predicted molar refractivity (Wildman–Crippen MR) is 71.6 cm³/mol. The smallest absolute Gasteiger partial charge is 0.364 e. The molecule has 0 bridgehead atoms. The molecule has 0 atom stereocenters. The van der Waals surface area contributed by atoms with Gasteiger partial charge in [0.1, 0.15) is 0 Å². The average Bonchev–Trinajstić information content (AvgIpc) is 2.40. The Morgan fingerprint density at radius 3 is 2.62 bits per heavy atom. The van der Waals surface area contributed by atoms with Gasteiger partial charge in [-0.2, -0.15) is 13.2 Å². The third kappa shape index (κ3) is 5.04. The van der Waals surface area contributed by atoms with Crippen LogP contribution in [-0.2, 0) is 11.3 Å². The number of halogens is 3. The number of nitrogens with zero attached hydrogens (tertiary/aromatic N) is 1. The van der Waals surface area contributed by atoms with Gasteiger partial charge in [0, 0.05) is 13.1 Å². The van der Waals surface area contributed by atoms with Crippen molar-refractivity contribution in [2.75, 3.05) is 13.1 Å². The predicted octanol–water partition coefficient (Wildman–Crippen LogP) is 3.60. The number of benzene rings is 1. The van der Waals surface area contributed by atoms with Crippen LogP contribution in [0.1, 0.15) is 35.7 Å². The van der Waals surface area contributed by atoms with Crippen molar-refractivity contribution >= 4 is 5.97 Å². The van der Waals surface area contributed by atoms with E-state index in [1.807, 2.05) is 0 Å². The molecule has 3 nitrogen and oxygen atoms in total. The Morgan fingerprint density at radius 2 is 2.00 bits per heavy atom. The Morgan fingerprint density at radius 1 is 1.33 bits per heavy atom. The highest BCUT2D eigenvalue weighted by atomic mass is 19.4. The van der Waals surface area contributed by atoms with Gasteiger partial charge in [-0.3, -0.25) is 0 Å². The Bertz CT molecular complexity index is 494. The van der Waals surface area contributed by atoms with Crippen LogP contribution in [0.15, 0.2) is 24.3 Å². The molecule has 1 aliphatic rings. The van der Waals surface area contributed by atoms with E-state index in [1.165, 1.54) is 24.3 Å². The molecule has 0 aliphatic carbocycles. The van der Waals surface area contributed by atoms with E-state index in [0.717, 1.165) is 12.8 Å². The molecule has 0 N–H and O–H groups in total. The van der Waals surface area contributed by atoms with E-state index in [0.29, 0.717) is 19.0 Å². The van der Waals surface area contributed by atoms with Crippen LogP contribution in [0.3, 0.4) is 0 Å². The Hall–Kier alpha value is -1.56. The molecule has 1 aliphatic heterocycles. The molecule has 0 saturated carbocycles. The van der Waals surface area contributed by atoms with Crippen LogP contribution in [0.5, 0.6) is 0 Å². The molecule has 1 aromatic rings. The summed E-state index contributed by atoms with van der Waals surface area (Å²) in [5.74, 6) is 0.00337. The summed E-state index contributed by atoms with van der Waals surface area (Å²) < 4.78 is 37.1. The molecular formula is C15H18F3NO2. The van der Waals surface area contributed by atoms with Gasteiger partial charge in [0.15, 0.2) is 0 Å². The standard InChI is InChI=1S/C15H18F3NO2/c1-11-5-7-19(8-6-11)21-14(20)13-4-2-3-12(9-13)10-15(16,17)18/h2-4,9,11H,5-8,10H2,1H3. The van der Waals surface area contributed by atoms with Crippen LogP contribution < -0.4 is 0 Å². The summed E-state index contributed by atoms with van der Waals surface area (Å²) in [5.41, 5.74) is 0.208. The second-order valence-corrected chi connectivity index (χ2v) is 5.48. The minimum atomic E-state index is -4.29. The quantitative estimate of drug-likeness (QED) is 0.854. The molecule has 1 heterocycles. The van der Waals surface area contributed by atoms with E-state index in [4.69, 9.17) is 4.84 Å². The van der Waals surface area contributed by atoms with Crippen molar-refractivity contribution in [1.29, 1.82) is 0 Å². The fraction of sp³-hybridized carbons (Fsp3) is 0.533. The fourth-order valence-corrected chi connectivity index (χ4v) is 2.29. The van der Waals surface area contributed by atoms with Gasteiger partial charge in [-0.15, -0.1) is 5.06 Å². The lowest BCUT2D eigenvalue weighted by atomic mass is 10.0. The summed E-state index contributed by atoms with van der Waals surface area (Å²) in [6.45, 7) is 3.46. The first kappa shape index (κ1) is 15.8. The maximum absolute atomic E-state index is 12.4. The summed E-state index contributed by atoms with van der Waals surface area (Å²) in [6.07, 6.45) is -3.44. The van der Waals surface area contributed by atoms with Crippen molar-refractivity contribution in [2.24, 2.45) is 5.92 Å². The molecule has 1 aromatic carbocycles. The number of piperidine rings is 1. The molecule has 0 radical (unpaired) electrons. The lowest BCUT2D eigenvalue weighted by Gasteiger charge is -2.28. The van der Waals surface area contributed by atoms with Crippen molar-refractivity contribution in [1.82, 2.24) is 5.06 Å². The third-order valence-corrected chi connectivity index (χ3v) is 3.52. The SMILES string of the molecule is CC1CCN(OC(=O)c2cccc(CC(F)(F)F)c2)CC1. The first-order valence-corrected chi connectivity index (χ1v) is 6.96. The van der Waals surface area contributed by atoms with Gasteiger partial charge in [-0.05, 0) is 36.5 Å². The van der Waals surface area contributed by atoms with Crippen molar-refractivity contribution in [3.05, 3.63) is 35.4 Å². The summed E-state index contributed by atoms with van der Waals surface area (Å²) in [4.78, 5) is 17.2. The molecule has 0 aromatic heterocycles. The zero-order valence-electron chi connectivity index (χ0n) is 11.8. The van der Waals surface area contributed by atoms with Crippen molar-refractivity contribution in [3.63, 3.8) is 0 Å². The minimum absolute atomic E-state index is 0.0595. The van der Waals surface area contributed by atoms with Gasteiger partial charge in [-0.1, -0.05) is 19.1 Å². The Labute approximate surface area is 121 Å². The summed E-state index contributed by atoms with van der Waals surface area (Å²) in [5, 5.41) is 1.58. The number of rotatable bonds is 3. The Kier molecular flexibility index (Phi) is 4.88. The van der Waals surface area contributed by atoms with Gasteiger partial charge >= 0.3 is 12.1 Å². The van der Waals surface area contributed by atoms with Gasteiger partial charge < -0.3 is 4.84 Å². The second-order valence-electron chi connectivity index (χ2n) is 5.48. The maximum atomic E-state index is 12.4. The zero-order valence-corrected chi connectivity index (χ0v) is 11.8. The second kappa shape index (κ2) is 6.47. The van der Waals surface area contributed by atoms with Gasteiger partial charge in [0.2, 0.25) is 0 Å². The van der Waals surface area contributed by atoms with E-state index in [9.17, 15) is 18.0 Å².